The summed E-state index contributed by atoms with van der Waals surface area (Å²) in [5.74, 6) is 0.506. The highest BCUT2D eigenvalue weighted by molar-refractivity contribution is 5.81. The van der Waals surface area contributed by atoms with Gasteiger partial charge in [-0.05, 0) is 30.4 Å². The van der Waals surface area contributed by atoms with Crippen molar-refractivity contribution in [3.8, 4) is 0 Å². The summed E-state index contributed by atoms with van der Waals surface area (Å²) in [6, 6.07) is 7.95. The van der Waals surface area contributed by atoms with E-state index >= 15 is 0 Å². The lowest BCUT2D eigenvalue weighted by Crippen LogP contribution is -2.13. The van der Waals surface area contributed by atoms with E-state index in [2.05, 4.69) is 10.2 Å². The Hall–Kier alpha value is -1.48. The predicted molar refractivity (Wildman–Crippen MR) is 62.0 cm³/mol. The highest BCUT2D eigenvalue weighted by Gasteiger charge is 2.29. The summed E-state index contributed by atoms with van der Waals surface area (Å²) in [4.78, 5) is 0. The largest absolute Gasteiger partial charge is 0.392 e. The number of rotatable bonds is 3. The maximum absolute atomic E-state index is 9.95. The van der Waals surface area contributed by atoms with E-state index in [9.17, 15) is 5.11 Å². The Bertz CT molecular complexity index is 503. The van der Waals surface area contributed by atoms with Crippen molar-refractivity contribution in [3.05, 3.63) is 36.0 Å². The zero-order valence-electron chi connectivity index (χ0n) is 9.00. The smallest absolute Gasteiger partial charge is 0.0932 e. The molecular formula is C13H14N2O. The fourth-order valence-electron chi connectivity index (χ4n) is 2.10. The average Bonchev–Trinajstić information content (AvgIpc) is 3.13. The van der Waals surface area contributed by atoms with Crippen LogP contribution in [0.25, 0.3) is 10.9 Å². The van der Waals surface area contributed by atoms with Crippen molar-refractivity contribution in [2.75, 3.05) is 0 Å². The Balaban J connectivity index is 1.95. The number of aliphatic hydroxyl groups is 1. The summed E-state index contributed by atoms with van der Waals surface area (Å²) in [7, 11) is 0. The highest BCUT2D eigenvalue weighted by Crippen LogP contribution is 2.34. The third-order valence-electron chi connectivity index (χ3n) is 3.22. The Morgan fingerprint density at radius 1 is 1.31 bits per heavy atom. The molecule has 1 N–H and O–H groups in total. The molecule has 3 heteroatoms. The van der Waals surface area contributed by atoms with Crippen molar-refractivity contribution in [2.24, 2.45) is 5.92 Å². The van der Waals surface area contributed by atoms with E-state index in [4.69, 9.17) is 0 Å². The van der Waals surface area contributed by atoms with Crippen LogP contribution < -0.4 is 0 Å². The molecule has 3 rings (SSSR count). The van der Waals surface area contributed by atoms with Crippen molar-refractivity contribution < 1.29 is 5.11 Å². The Labute approximate surface area is 94.1 Å². The standard InChI is InChI=1S/C13H14N2O/c16-13(9-5-6-9)7-10-8-14-15-12-4-2-1-3-11(10)12/h1-4,8-9,13,16H,5-7H2. The van der Waals surface area contributed by atoms with Gasteiger partial charge in [0.2, 0.25) is 0 Å². The minimum atomic E-state index is -0.215. The van der Waals surface area contributed by atoms with Gasteiger partial charge in [-0.2, -0.15) is 10.2 Å². The molecule has 82 valence electrons. The fraction of sp³-hybridized carbons (Fsp3) is 0.385. The Morgan fingerprint density at radius 2 is 2.12 bits per heavy atom. The van der Waals surface area contributed by atoms with Gasteiger partial charge in [0.05, 0.1) is 17.8 Å². The van der Waals surface area contributed by atoms with Crippen molar-refractivity contribution in [1.82, 2.24) is 10.2 Å². The number of hydrogen-bond donors (Lipinski definition) is 1. The molecule has 1 aromatic heterocycles. The van der Waals surface area contributed by atoms with Crippen LogP contribution in [0.3, 0.4) is 0 Å². The monoisotopic (exact) mass is 214 g/mol. The fourth-order valence-corrected chi connectivity index (χ4v) is 2.10. The molecule has 16 heavy (non-hydrogen) atoms. The van der Waals surface area contributed by atoms with Crippen molar-refractivity contribution in [2.45, 2.75) is 25.4 Å². The van der Waals surface area contributed by atoms with Crippen LogP contribution in [-0.4, -0.2) is 21.4 Å². The van der Waals surface area contributed by atoms with Gasteiger partial charge in [0.15, 0.2) is 0 Å². The number of nitrogens with zero attached hydrogens (tertiary/aromatic N) is 2. The van der Waals surface area contributed by atoms with Crippen LogP contribution in [0, 0.1) is 5.92 Å². The molecule has 1 saturated carbocycles. The summed E-state index contributed by atoms with van der Waals surface area (Å²) < 4.78 is 0. The minimum absolute atomic E-state index is 0.215. The number of hydrogen-bond acceptors (Lipinski definition) is 3. The summed E-state index contributed by atoms with van der Waals surface area (Å²) in [6.45, 7) is 0. The van der Waals surface area contributed by atoms with E-state index in [-0.39, 0.29) is 6.10 Å². The van der Waals surface area contributed by atoms with Crippen LogP contribution >= 0.6 is 0 Å². The lowest BCUT2D eigenvalue weighted by Gasteiger charge is -2.10. The first-order valence-electron chi connectivity index (χ1n) is 5.72. The van der Waals surface area contributed by atoms with Crippen LogP contribution in [0.5, 0.6) is 0 Å². The van der Waals surface area contributed by atoms with Crippen molar-refractivity contribution in [1.29, 1.82) is 0 Å². The van der Waals surface area contributed by atoms with Crippen LogP contribution in [-0.2, 0) is 6.42 Å². The maximum Gasteiger partial charge on any atom is 0.0932 e. The van der Waals surface area contributed by atoms with Gasteiger partial charge in [0, 0.05) is 11.8 Å². The number of fused-ring (bicyclic) bond motifs is 1. The molecule has 0 aliphatic heterocycles. The molecule has 0 spiro atoms. The molecule has 0 bridgehead atoms. The summed E-state index contributed by atoms with van der Waals surface area (Å²) >= 11 is 0. The summed E-state index contributed by atoms with van der Waals surface area (Å²) in [5, 5.41) is 19.1. The molecule has 3 nitrogen and oxygen atoms in total. The van der Waals surface area contributed by atoms with Crippen LogP contribution in [0.2, 0.25) is 0 Å². The van der Waals surface area contributed by atoms with Gasteiger partial charge in [-0.3, -0.25) is 0 Å². The Kier molecular flexibility index (Phi) is 2.33. The normalized spacial score (nSPS) is 17.6. The molecule has 1 fully saturated rings. The van der Waals surface area contributed by atoms with Crippen molar-refractivity contribution >= 4 is 10.9 Å². The molecule has 1 aliphatic rings. The third-order valence-corrected chi connectivity index (χ3v) is 3.22. The predicted octanol–water partition coefficient (Wildman–Crippen LogP) is 1.94. The SMILES string of the molecule is OC(Cc1cnnc2ccccc12)C1CC1. The number of aromatic nitrogens is 2. The lowest BCUT2D eigenvalue weighted by molar-refractivity contribution is 0.152. The van der Waals surface area contributed by atoms with Gasteiger partial charge >= 0.3 is 0 Å². The molecular weight excluding hydrogens is 200 g/mol. The number of aliphatic hydroxyl groups excluding tert-OH is 1. The van der Waals surface area contributed by atoms with Crippen LogP contribution in [0.15, 0.2) is 30.5 Å². The van der Waals surface area contributed by atoms with Crippen LogP contribution in [0.1, 0.15) is 18.4 Å². The molecule has 0 amide bonds. The molecule has 1 unspecified atom stereocenters. The second-order valence-electron chi connectivity index (χ2n) is 4.50. The van der Waals surface area contributed by atoms with E-state index in [0.717, 1.165) is 29.3 Å². The summed E-state index contributed by atoms with van der Waals surface area (Å²) in [6.07, 6.45) is 4.58. The topological polar surface area (TPSA) is 46.0 Å². The van der Waals surface area contributed by atoms with Crippen LogP contribution in [0.4, 0.5) is 0 Å². The summed E-state index contributed by atoms with van der Waals surface area (Å²) in [5.41, 5.74) is 2.01. The second-order valence-corrected chi connectivity index (χ2v) is 4.50. The van der Waals surface area contributed by atoms with Crippen molar-refractivity contribution in [3.63, 3.8) is 0 Å². The van der Waals surface area contributed by atoms with E-state index in [1.807, 2.05) is 24.3 Å². The maximum atomic E-state index is 9.95. The molecule has 1 atom stereocenters. The first-order valence-corrected chi connectivity index (χ1v) is 5.72. The molecule has 1 aliphatic carbocycles. The van der Waals surface area contributed by atoms with E-state index in [1.54, 1.807) is 6.20 Å². The molecule has 0 saturated heterocycles. The van der Waals surface area contributed by atoms with Gasteiger partial charge < -0.3 is 5.11 Å². The van der Waals surface area contributed by atoms with Gasteiger partial charge in [0.1, 0.15) is 0 Å². The zero-order valence-corrected chi connectivity index (χ0v) is 9.00. The van der Waals surface area contributed by atoms with E-state index < -0.39 is 0 Å². The third kappa shape index (κ3) is 1.78. The minimum Gasteiger partial charge on any atom is -0.392 e. The Morgan fingerprint density at radius 3 is 2.94 bits per heavy atom. The van der Waals surface area contributed by atoms with E-state index in [1.165, 1.54) is 0 Å². The zero-order chi connectivity index (χ0) is 11.0. The second kappa shape index (κ2) is 3.83. The number of benzene rings is 1. The lowest BCUT2D eigenvalue weighted by atomic mass is 10.0. The average molecular weight is 214 g/mol. The van der Waals surface area contributed by atoms with Gasteiger partial charge in [-0.25, -0.2) is 0 Å². The quantitative estimate of drug-likeness (QED) is 0.849. The molecule has 1 aromatic carbocycles. The first-order chi connectivity index (χ1) is 7.84. The first kappa shape index (κ1) is 9.73. The highest BCUT2D eigenvalue weighted by atomic mass is 16.3. The molecule has 2 aromatic rings. The van der Waals surface area contributed by atoms with Gasteiger partial charge in [0.25, 0.3) is 0 Å². The van der Waals surface area contributed by atoms with Gasteiger partial charge in [-0.1, -0.05) is 18.2 Å². The molecule has 0 radical (unpaired) electrons. The molecule has 1 heterocycles. The van der Waals surface area contributed by atoms with Gasteiger partial charge in [-0.15, -0.1) is 0 Å². The van der Waals surface area contributed by atoms with E-state index in [0.29, 0.717) is 12.3 Å².